The Morgan fingerprint density at radius 1 is 1.00 bits per heavy atom. The van der Waals surface area contributed by atoms with Crippen LogP contribution in [-0.2, 0) is 17.9 Å². The average Bonchev–Trinajstić information content (AvgIpc) is 3.03. The topological polar surface area (TPSA) is 68.4 Å². The minimum atomic E-state index is -0.284. The van der Waals surface area contributed by atoms with Crippen molar-refractivity contribution in [3.05, 3.63) is 82.9 Å². The van der Waals surface area contributed by atoms with Crippen LogP contribution in [0, 0.1) is 0 Å². The Labute approximate surface area is 143 Å². The summed E-state index contributed by atoms with van der Waals surface area (Å²) < 4.78 is 2.94. The number of hydrogen-bond acceptors (Lipinski definition) is 3. The van der Waals surface area contributed by atoms with Gasteiger partial charge in [-0.3, -0.25) is 14.0 Å². The van der Waals surface area contributed by atoms with Crippen LogP contribution < -0.4 is 10.9 Å². The van der Waals surface area contributed by atoms with Gasteiger partial charge in [-0.15, -0.1) is 0 Å². The van der Waals surface area contributed by atoms with Crippen LogP contribution in [0.15, 0.2) is 71.8 Å². The molecule has 1 N–H and O–H groups in total. The Morgan fingerprint density at radius 3 is 2.60 bits per heavy atom. The van der Waals surface area contributed by atoms with Gasteiger partial charge in [0.05, 0.1) is 5.52 Å². The van der Waals surface area contributed by atoms with E-state index in [1.165, 1.54) is 4.68 Å². The third-order valence-corrected chi connectivity index (χ3v) is 4.13. The molecule has 0 spiro atoms. The maximum atomic E-state index is 12.6. The number of benzene rings is 2. The third kappa shape index (κ3) is 2.89. The molecule has 2 aromatic carbocycles. The van der Waals surface area contributed by atoms with Crippen molar-refractivity contribution >= 4 is 22.3 Å². The van der Waals surface area contributed by atoms with Crippen molar-refractivity contribution in [3.8, 4) is 0 Å². The molecule has 0 aliphatic carbocycles. The molecule has 4 aromatic rings. The van der Waals surface area contributed by atoms with Crippen molar-refractivity contribution in [1.82, 2.24) is 19.5 Å². The van der Waals surface area contributed by atoms with Crippen LogP contribution in [0.25, 0.3) is 16.4 Å². The summed E-state index contributed by atoms with van der Waals surface area (Å²) in [6.07, 6.45) is 1.57. The minimum absolute atomic E-state index is 0.107. The number of carbonyl (C=O) groups excluding carboxylic acids is 1. The normalized spacial score (nSPS) is 11.0. The average molecular weight is 332 g/mol. The van der Waals surface area contributed by atoms with Crippen molar-refractivity contribution in [2.75, 3.05) is 0 Å². The van der Waals surface area contributed by atoms with Crippen molar-refractivity contribution in [3.63, 3.8) is 0 Å². The number of hydrogen-bond donors (Lipinski definition) is 1. The lowest BCUT2D eigenvalue weighted by molar-refractivity contribution is -0.122. The second-order valence-electron chi connectivity index (χ2n) is 5.81. The number of nitrogens with zero attached hydrogens (tertiary/aromatic N) is 3. The maximum absolute atomic E-state index is 12.6. The van der Waals surface area contributed by atoms with Crippen LogP contribution in [0.1, 0.15) is 5.56 Å². The van der Waals surface area contributed by atoms with Gasteiger partial charge in [-0.25, -0.2) is 4.68 Å². The Balaban J connectivity index is 1.57. The molecule has 124 valence electrons. The van der Waals surface area contributed by atoms with Crippen molar-refractivity contribution in [2.24, 2.45) is 0 Å². The standard InChI is InChI=1S/C19H16N4O2/c24-18(20-11-14-6-2-1-3-7-14)12-23-19(25)17-10-15-8-4-5-9-16(15)22(17)13-21-23/h1-10,13H,11-12H2,(H,20,24). The lowest BCUT2D eigenvalue weighted by Gasteiger charge is -2.07. The van der Waals surface area contributed by atoms with E-state index in [0.29, 0.717) is 12.1 Å². The molecule has 0 saturated heterocycles. The van der Waals surface area contributed by atoms with Gasteiger partial charge in [-0.1, -0.05) is 48.5 Å². The molecule has 0 fully saturated rings. The highest BCUT2D eigenvalue weighted by Crippen LogP contribution is 2.16. The lowest BCUT2D eigenvalue weighted by Crippen LogP contribution is -2.33. The highest BCUT2D eigenvalue weighted by molar-refractivity contribution is 5.86. The number of aromatic nitrogens is 3. The number of para-hydroxylation sites is 1. The molecule has 0 saturated carbocycles. The minimum Gasteiger partial charge on any atom is -0.350 e. The van der Waals surface area contributed by atoms with Gasteiger partial charge < -0.3 is 5.32 Å². The summed E-state index contributed by atoms with van der Waals surface area (Å²) in [5.74, 6) is -0.251. The zero-order chi connectivity index (χ0) is 17.2. The summed E-state index contributed by atoms with van der Waals surface area (Å²) in [6.45, 7) is 0.315. The number of carbonyl (C=O) groups is 1. The zero-order valence-corrected chi connectivity index (χ0v) is 13.4. The largest absolute Gasteiger partial charge is 0.350 e. The first-order valence-corrected chi connectivity index (χ1v) is 7.99. The van der Waals surface area contributed by atoms with Crippen LogP contribution in [0.3, 0.4) is 0 Å². The molecule has 0 bridgehead atoms. The fourth-order valence-electron chi connectivity index (χ4n) is 2.86. The van der Waals surface area contributed by atoms with E-state index in [1.54, 1.807) is 10.7 Å². The Kier molecular flexibility index (Phi) is 3.78. The molecule has 1 amide bonds. The molecule has 6 nitrogen and oxygen atoms in total. The van der Waals surface area contributed by atoms with Crippen LogP contribution >= 0.6 is 0 Å². The smallest absolute Gasteiger partial charge is 0.291 e. The lowest BCUT2D eigenvalue weighted by atomic mass is 10.2. The molecule has 2 aromatic heterocycles. The van der Waals surface area contributed by atoms with Gasteiger partial charge in [0.25, 0.3) is 5.56 Å². The number of amides is 1. The molecule has 0 atom stereocenters. The molecule has 6 heteroatoms. The molecule has 0 aliphatic rings. The number of fused-ring (bicyclic) bond motifs is 3. The molecule has 2 heterocycles. The van der Waals surface area contributed by atoms with Gasteiger partial charge in [0, 0.05) is 11.9 Å². The summed E-state index contributed by atoms with van der Waals surface area (Å²) in [7, 11) is 0. The summed E-state index contributed by atoms with van der Waals surface area (Å²) in [4.78, 5) is 24.7. The summed E-state index contributed by atoms with van der Waals surface area (Å²) in [5, 5.41) is 7.90. The van der Waals surface area contributed by atoms with E-state index in [1.807, 2.05) is 60.7 Å². The van der Waals surface area contributed by atoms with E-state index in [4.69, 9.17) is 0 Å². The van der Waals surface area contributed by atoms with E-state index in [-0.39, 0.29) is 18.0 Å². The van der Waals surface area contributed by atoms with E-state index >= 15 is 0 Å². The van der Waals surface area contributed by atoms with E-state index in [2.05, 4.69) is 10.4 Å². The SMILES string of the molecule is O=C(Cn1ncn2c(cc3ccccc32)c1=O)NCc1ccccc1. The summed E-state index contributed by atoms with van der Waals surface area (Å²) in [6, 6.07) is 19.1. The fraction of sp³-hybridized carbons (Fsp3) is 0.105. The molecular weight excluding hydrogens is 316 g/mol. The zero-order valence-electron chi connectivity index (χ0n) is 13.4. The van der Waals surface area contributed by atoms with E-state index < -0.39 is 0 Å². The quantitative estimate of drug-likeness (QED) is 0.621. The first-order valence-electron chi connectivity index (χ1n) is 7.99. The van der Waals surface area contributed by atoms with Gasteiger partial charge >= 0.3 is 0 Å². The van der Waals surface area contributed by atoms with Crippen LogP contribution in [0.5, 0.6) is 0 Å². The van der Waals surface area contributed by atoms with Gasteiger partial charge in [0.15, 0.2) is 0 Å². The second-order valence-corrected chi connectivity index (χ2v) is 5.81. The van der Waals surface area contributed by atoms with Gasteiger partial charge in [-0.05, 0) is 17.7 Å². The first-order chi connectivity index (χ1) is 12.2. The van der Waals surface area contributed by atoms with Gasteiger partial charge in [-0.2, -0.15) is 5.10 Å². The van der Waals surface area contributed by atoms with E-state index in [9.17, 15) is 9.59 Å². The Bertz CT molecular complexity index is 1110. The molecule has 4 rings (SSSR count). The second kappa shape index (κ2) is 6.24. The fourth-order valence-corrected chi connectivity index (χ4v) is 2.86. The molecule has 0 radical (unpaired) electrons. The third-order valence-electron chi connectivity index (χ3n) is 4.13. The predicted molar refractivity (Wildman–Crippen MR) is 95.2 cm³/mol. The Morgan fingerprint density at radius 2 is 1.76 bits per heavy atom. The summed E-state index contributed by atoms with van der Waals surface area (Å²) in [5.41, 5.74) is 2.15. The highest BCUT2D eigenvalue weighted by Gasteiger charge is 2.11. The van der Waals surface area contributed by atoms with Crippen molar-refractivity contribution in [2.45, 2.75) is 13.1 Å². The number of rotatable bonds is 4. The predicted octanol–water partition coefficient (Wildman–Crippen LogP) is 1.97. The van der Waals surface area contributed by atoms with E-state index in [0.717, 1.165) is 16.5 Å². The van der Waals surface area contributed by atoms with Crippen molar-refractivity contribution < 1.29 is 4.79 Å². The molecule has 0 unspecified atom stereocenters. The van der Waals surface area contributed by atoms with Gasteiger partial charge in [0.1, 0.15) is 18.4 Å². The molecular formula is C19H16N4O2. The van der Waals surface area contributed by atoms with Crippen molar-refractivity contribution in [1.29, 1.82) is 0 Å². The summed E-state index contributed by atoms with van der Waals surface area (Å²) >= 11 is 0. The van der Waals surface area contributed by atoms with Crippen LogP contribution in [-0.4, -0.2) is 20.1 Å². The van der Waals surface area contributed by atoms with Gasteiger partial charge in [0.2, 0.25) is 5.91 Å². The molecule has 25 heavy (non-hydrogen) atoms. The first kappa shape index (κ1) is 15.1. The number of nitrogens with one attached hydrogen (secondary N) is 1. The van der Waals surface area contributed by atoms with Crippen LogP contribution in [0.2, 0.25) is 0 Å². The Hall–Kier alpha value is -3.41. The maximum Gasteiger partial charge on any atom is 0.291 e. The molecule has 0 aliphatic heterocycles. The monoisotopic (exact) mass is 332 g/mol. The van der Waals surface area contributed by atoms with Crippen LogP contribution in [0.4, 0.5) is 0 Å². The highest BCUT2D eigenvalue weighted by atomic mass is 16.2.